The molecule has 1 fully saturated rings. The van der Waals surface area contributed by atoms with Crippen LogP contribution in [0.3, 0.4) is 0 Å². The van der Waals surface area contributed by atoms with Gasteiger partial charge in [0.2, 0.25) is 0 Å². The van der Waals surface area contributed by atoms with E-state index in [4.69, 9.17) is 15.6 Å². The van der Waals surface area contributed by atoms with Gasteiger partial charge in [-0.1, -0.05) is 6.07 Å². The van der Waals surface area contributed by atoms with Crippen molar-refractivity contribution < 1.29 is 20.1 Å². The Hall–Kier alpha value is -1.21. The van der Waals surface area contributed by atoms with Crippen LogP contribution < -0.4 is 5.73 Å². The molecule has 0 aromatic carbocycles. The van der Waals surface area contributed by atoms with Crippen LogP contribution in [-0.2, 0) is 4.74 Å². The van der Waals surface area contributed by atoms with E-state index in [1.54, 1.807) is 12.1 Å². The normalized spacial score (nSPS) is 37.3. The van der Waals surface area contributed by atoms with E-state index in [-0.39, 0.29) is 6.61 Å². The monoisotopic (exact) mass is 240 g/mol. The van der Waals surface area contributed by atoms with Crippen LogP contribution in [0.25, 0.3) is 0 Å². The van der Waals surface area contributed by atoms with Gasteiger partial charge in [-0.15, -0.1) is 0 Å². The molecule has 1 saturated heterocycles. The van der Waals surface area contributed by atoms with Crippen molar-refractivity contribution >= 4 is 5.82 Å². The average molecular weight is 240 g/mol. The smallest absolute Gasteiger partial charge is 0.123 e. The summed E-state index contributed by atoms with van der Waals surface area (Å²) in [5.41, 5.74) is 4.61. The molecule has 5 N–H and O–H groups in total. The quantitative estimate of drug-likeness (QED) is 0.539. The van der Waals surface area contributed by atoms with Crippen molar-refractivity contribution in [1.82, 2.24) is 4.98 Å². The number of aliphatic hydroxyl groups is 3. The van der Waals surface area contributed by atoms with Gasteiger partial charge in [-0.05, 0) is 13.0 Å². The molecule has 0 amide bonds. The molecule has 1 aliphatic rings. The Kier molecular flexibility index (Phi) is 3.05. The molecule has 17 heavy (non-hydrogen) atoms. The predicted molar refractivity (Wildman–Crippen MR) is 60.0 cm³/mol. The highest BCUT2D eigenvalue weighted by molar-refractivity contribution is 5.31. The van der Waals surface area contributed by atoms with Gasteiger partial charge in [-0.2, -0.15) is 0 Å². The summed E-state index contributed by atoms with van der Waals surface area (Å²) >= 11 is 0. The van der Waals surface area contributed by atoms with Crippen molar-refractivity contribution in [2.75, 3.05) is 12.3 Å². The van der Waals surface area contributed by atoms with Crippen molar-refractivity contribution in [2.24, 2.45) is 0 Å². The second-order valence-electron chi connectivity index (χ2n) is 4.42. The van der Waals surface area contributed by atoms with E-state index in [1.807, 2.05) is 0 Å². The van der Waals surface area contributed by atoms with E-state index in [2.05, 4.69) is 4.98 Å². The van der Waals surface area contributed by atoms with Crippen LogP contribution in [0.4, 0.5) is 5.82 Å². The molecule has 3 unspecified atom stereocenters. The van der Waals surface area contributed by atoms with Gasteiger partial charge in [0, 0.05) is 11.8 Å². The molecule has 4 atom stereocenters. The molecular formula is C11H16N2O4. The van der Waals surface area contributed by atoms with E-state index in [0.717, 1.165) is 0 Å². The van der Waals surface area contributed by atoms with E-state index >= 15 is 0 Å². The lowest BCUT2D eigenvalue weighted by Gasteiger charge is -2.26. The van der Waals surface area contributed by atoms with Crippen molar-refractivity contribution in [2.45, 2.75) is 30.8 Å². The highest BCUT2D eigenvalue weighted by Gasteiger charge is 2.52. The summed E-state index contributed by atoms with van der Waals surface area (Å²) in [6, 6.07) is 3.27. The fourth-order valence-electron chi connectivity index (χ4n) is 2.05. The molecule has 0 spiro atoms. The van der Waals surface area contributed by atoms with Crippen LogP contribution in [0.5, 0.6) is 0 Å². The molecule has 0 bridgehead atoms. The van der Waals surface area contributed by atoms with Crippen LogP contribution in [0.15, 0.2) is 18.3 Å². The maximum Gasteiger partial charge on any atom is 0.123 e. The van der Waals surface area contributed by atoms with Gasteiger partial charge in [-0.25, -0.2) is 4.98 Å². The van der Waals surface area contributed by atoms with Crippen molar-refractivity contribution in [3.8, 4) is 0 Å². The number of aliphatic hydroxyl groups excluding tert-OH is 2. The molecule has 2 heterocycles. The zero-order valence-electron chi connectivity index (χ0n) is 9.45. The Morgan fingerprint density at radius 3 is 2.71 bits per heavy atom. The number of pyridine rings is 1. The van der Waals surface area contributed by atoms with Gasteiger partial charge >= 0.3 is 0 Å². The first-order chi connectivity index (χ1) is 7.96. The standard InChI is InChI=1S/C11H16N2O4/c1-11(16)9(15)7(5-14)17-10(11)6-2-3-8(12)13-4-6/h2-4,7,9-10,14-16H,5H2,1H3,(H2,12,13)/t7?,9?,10?,11-/m1/s1. The molecule has 0 saturated carbocycles. The largest absolute Gasteiger partial charge is 0.394 e. The number of aromatic nitrogens is 1. The Bertz CT molecular complexity index is 393. The van der Waals surface area contributed by atoms with E-state index < -0.39 is 23.9 Å². The number of rotatable bonds is 2. The second-order valence-corrected chi connectivity index (χ2v) is 4.42. The lowest BCUT2D eigenvalue weighted by Crippen LogP contribution is -2.43. The molecule has 1 aromatic heterocycles. The maximum absolute atomic E-state index is 10.2. The number of nitrogens with zero attached hydrogens (tertiary/aromatic N) is 1. The van der Waals surface area contributed by atoms with Gasteiger partial charge in [0.25, 0.3) is 0 Å². The summed E-state index contributed by atoms with van der Waals surface area (Å²) in [5, 5.41) is 29.1. The van der Waals surface area contributed by atoms with Crippen molar-refractivity contribution in [3.05, 3.63) is 23.9 Å². The minimum absolute atomic E-state index is 0.351. The van der Waals surface area contributed by atoms with Crippen molar-refractivity contribution in [1.29, 1.82) is 0 Å². The lowest BCUT2D eigenvalue weighted by atomic mass is 9.89. The summed E-state index contributed by atoms with van der Waals surface area (Å²) in [4.78, 5) is 3.91. The second kappa shape index (κ2) is 4.23. The average Bonchev–Trinajstić information content (AvgIpc) is 2.53. The topological polar surface area (TPSA) is 109 Å². The molecule has 6 nitrogen and oxygen atoms in total. The predicted octanol–water partition coefficient (Wildman–Crippen LogP) is -0.792. The molecular weight excluding hydrogens is 224 g/mol. The minimum atomic E-state index is -1.47. The Labute approximate surface area is 98.7 Å². The molecule has 0 radical (unpaired) electrons. The fourth-order valence-corrected chi connectivity index (χ4v) is 2.05. The van der Waals surface area contributed by atoms with Crippen LogP contribution in [0.1, 0.15) is 18.6 Å². The highest BCUT2D eigenvalue weighted by atomic mass is 16.6. The van der Waals surface area contributed by atoms with Crippen molar-refractivity contribution in [3.63, 3.8) is 0 Å². The van der Waals surface area contributed by atoms with Gasteiger partial charge in [0.05, 0.1) is 6.61 Å². The first-order valence-corrected chi connectivity index (χ1v) is 5.35. The number of hydrogen-bond donors (Lipinski definition) is 4. The van der Waals surface area contributed by atoms with Crippen LogP contribution in [0.2, 0.25) is 0 Å². The van der Waals surface area contributed by atoms with Gasteiger partial charge in [0.1, 0.15) is 29.7 Å². The van der Waals surface area contributed by atoms with Crippen LogP contribution in [-0.4, -0.2) is 44.7 Å². The SMILES string of the molecule is C[C@]1(O)C(c2ccc(N)nc2)OC(CO)C1O. The minimum Gasteiger partial charge on any atom is -0.394 e. The van der Waals surface area contributed by atoms with E-state index in [1.165, 1.54) is 13.1 Å². The van der Waals surface area contributed by atoms with Crippen LogP contribution >= 0.6 is 0 Å². The summed E-state index contributed by atoms with van der Waals surface area (Å²) in [6.45, 7) is 1.12. The molecule has 0 aliphatic carbocycles. The zero-order valence-corrected chi connectivity index (χ0v) is 9.45. The van der Waals surface area contributed by atoms with Gasteiger partial charge in [-0.3, -0.25) is 0 Å². The summed E-state index contributed by atoms with van der Waals surface area (Å²) in [6.07, 6.45) is -1.19. The first-order valence-electron chi connectivity index (χ1n) is 5.35. The third kappa shape index (κ3) is 2.00. The van der Waals surface area contributed by atoms with Crippen LogP contribution in [0, 0.1) is 0 Å². The first kappa shape index (κ1) is 12.3. The van der Waals surface area contributed by atoms with Gasteiger partial charge < -0.3 is 25.8 Å². The number of anilines is 1. The number of nitrogen functional groups attached to an aromatic ring is 1. The zero-order chi connectivity index (χ0) is 12.6. The molecule has 2 rings (SSSR count). The molecule has 94 valence electrons. The Balaban J connectivity index is 2.30. The summed E-state index contributed by atoms with van der Waals surface area (Å²) in [7, 11) is 0. The highest BCUT2D eigenvalue weighted by Crippen LogP contribution is 2.41. The summed E-state index contributed by atoms with van der Waals surface area (Å²) < 4.78 is 5.43. The van der Waals surface area contributed by atoms with E-state index in [0.29, 0.717) is 11.4 Å². The number of nitrogens with two attached hydrogens (primary N) is 1. The third-order valence-electron chi connectivity index (χ3n) is 3.08. The Morgan fingerprint density at radius 2 is 2.24 bits per heavy atom. The lowest BCUT2D eigenvalue weighted by molar-refractivity contribution is -0.0646. The molecule has 1 aromatic rings. The number of ether oxygens (including phenoxy) is 1. The summed E-state index contributed by atoms with van der Waals surface area (Å²) in [5.74, 6) is 0.366. The fraction of sp³-hybridized carbons (Fsp3) is 0.545. The Morgan fingerprint density at radius 1 is 1.53 bits per heavy atom. The third-order valence-corrected chi connectivity index (χ3v) is 3.08. The molecule has 1 aliphatic heterocycles. The molecule has 6 heteroatoms. The van der Waals surface area contributed by atoms with Gasteiger partial charge in [0.15, 0.2) is 0 Å². The van der Waals surface area contributed by atoms with E-state index in [9.17, 15) is 10.2 Å². The number of hydrogen-bond acceptors (Lipinski definition) is 6. The maximum atomic E-state index is 10.2.